The smallest absolute Gasteiger partial charge is 0.306 e. The third-order valence-corrected chi connectivity index (χ3v) is 10.9. The van der Waals surface area contributed by atoms with Crippen molar-refractivity contribution in [1.29, 1.82) is 0 Å². The first-order valence-corrected chi connectivity index (χ1v) is 25.8. The lowest BCUT2D eigenvalue weighted by Gasteiger charge is -2.18. The number of unbranched alkanes of at least 4 members (excludes halogenated alkanes) is 25. The lowest BCUT2D eigenvalue weighted by Crippen LogP contribution is -2.30. The van der Waals surface area contributed by atoms with Crippen LogP contribution in [-0.4, -0.2) is 37.2 Å². The van der Waals surface area contributed by atoms with E-state index in [4.69, 9.17) is 14.2 Å². The number of hydrogen-bond donors (Lipinski definition) is 0. The van der Waals surface area contributed by atoms with Gasteiger partial charge in [-0.05, 0) is 96.3 Å². The van der Waals surface area contributed by atoms with Gasteiger partial charge in [0.15, 0.2) is 6.10 Å². The van der Waals surface area contributed by atoms with Crippen LogP contribution in [0.15, 0.2) is 60.8 Å². The molecule has 1 atom stereocenters. The van der Waals surface area contributed by atoms with E-state index in [1.807, 2.05) is 0 Å². The Bertz CT molecular complexity index is 1120. The Hall–Kier alpha value is -2.89. The maximum atomic E-state index is 12.8. The lowest BCUT2D eigenvalue weighted by molar-refractivity contribution is -0.167. The molecule has 0 aromatic carbocycles. The molecule has 0 rings (SSSR count). The number of hydrogen-bond acceptors (Lipinski definition) is 6. The molecule has 0 bridgehead atoms. The summed E-state index contributed by atoms with van der Waals surface area (Å²) in [5.41, 5.74) is 0. The molecular formula is C55H96O6. The Morgan fingerprint density at radius 1 is 0.328 bits per heavy atom. The highest BCUT2D eigenvalue weighted by Gasteiger charge is 2.19. The largest absolute Gasteiger partial charge is 0.462 e. The van der Waals surface area contributed by atoms with Crippen molar-refractivity contribution in [3.63, 3.8) is 0 Å². The fourth-order valence-electron chi connectivity index (χ4n) is 7.02. The van der Waals surface area contributed by atoms with E-state index in [1.54, 1.807) is 0 Å². The SMILES string of the molecule is CCC/C=C\CCCCCCCC(=O)OCC(COC(=O)CCCCCCCCCCC/C=C\C/C=C\CCCCC)OC(=O)CCCCCCC/C=C\C/C=C\CCCC. The summed E-state index contributed by atoms with van der Waals surface area (Å²) in [5.74, 6) is -0.911. The van der Waals surface area contributed by atoms with Crippen molar-refractivity contribution in [2.45, 2.75) is 258 Å². The zero-order valence-corrected chi connectivity index (χ0v) is 40.2. The second-order valence-electron chi connectivity index (χ2n) is 17.1. The van der Waals surface area contributed by atoms with Crippen LogP contribution in [0.5, 0.6) is 0 Å². The van der Waals surface area contributed by atoms with E-state index in [0.29, 0.717) is 19.3 Å². The molecular weight excluding hydrogens is 757 g/mol. The second kappa shape index (κ2) is 49.8. The maximum Gasteiger partial charge on any atom is 0.306 e. The van der Waals surface area contributed by atoms with Gasteiger partial charge in [-0.3, -0.25) is 14.4 Å². The minimum Gasteiger partial charge on any atom is -0.462 e. The summed E-state index contributed by atoms with van der Waals surface area (Å²) in [4.78, 5) is 37.9. The first-order valence-electron chi connectivity index (χ1n) is 25.8. The van der Waals surface area contributed by atoms with Gasteiger partial charge >= 0.3 is 17.9 Å². The van der Waals surface area contributed by atoms with E-state index in [2.05, 4.69) is 81.5 Å². The summed E-state index contributed by atoms with van der Waals surface area (Å²) in [7, 11) is 0. The van der Waals surface area contributed by atoms with Gasteiger partial charge in [-0.15, -0.1) is 0 Å². The van der Waals surface area contributed by atoms with Crippen molar-refractivity contribution in [2.24, 2.45) is 0 Å². The molecule has 352 valence electrons. The maximum absolute atomic E-state index is 12.8. The van der Waals surface area contributed by atoms with E-state index >= 15 is 0 Å². The van der Waals surface area contributed by atoms with Crippen molar-refractivity contribution in [3.05, 3.63) is 60.8 Å². The topological polar surface area (TPSA) is 78.9 Å². The normalized spacial score (nSPS) is 12.5. The van der Waals surface area contributed by atoms with Gasteiger partial charge in [-0.25, -0.2) is 0 Å². The summed E-state index contributed by atoms with van der Waals surface area (Å²) < 4.78 is 16.8. The standard InChI is InChI=1S/C55H96O6/c1-4-7-10-13-16-19-22-24-26-27-28-29-30-32-33-36-39-42-45-48-54(57)60-51-52(50-59-53(56)47-44-41-38-35-21-18-15-12-9-6-3)61-55(58)49-46-43-40-37-34-31-25-23-20-17-14-11-8-5-2/h12,14-17,19,23-26,52H,4-11,13,18,20-22,27-51H2,1-3H3/b15-12-,17-14-,19-16-,25-23-,26-24-. The van der Waals surface area contributed by atoms with Gasteiger partial charge in [0.05, 0.1) is 0 Å². The zero-order chi connectivity index (χ0) is 44.4. The average molecular weight is 853 g/mol. The molecule has 0 aromatic heterocycles. The average Bonchev–Trinajstić information content (AvgIpc) is 3.26. The van der Waals surface area contributed by atoms with Crippen LogP contribution < -0.4 is 0 Å². The van der Waals surface area contributed by atoms with Crippen LogP contribution in [0.25, 0.3) is 0 Å². The first-order chi connectivity index (χ1) is 30.0. The molecule has 0 saturated carbocycles. The highest BCUT2D eigenvalue weighted by Crippen LogP contribution is 2.14. The van der Waals surface area contributed by atoms with E-state index in [-0.39, 0.29) is 31.1 Å². The zero-order valence-electron chi connectivity index (χ0n) is 40.2. The highest BCUT2D eigenvalue weighted by atomic mass is 16.6. The second-order valence-corrected chi connectivity index (χ2v) is 17.1. The van der Waals surface area contributed by atoms with E-state index in [1.165, 1.54) is 109 Å². The van der Waals surface area contributed by atoms with Gasteiger partial charge in [0, 0.05) is 19.3 Å². The van der Waals surface area contributed by atoms with Crippen molar-refractivity contribution in [3.8, 4) is 0 Å². The van der Waals surface area contributed by atoms with Gasteiger partial charge in [-0.2, -0.15) is 0 Å². The number of carbonyl (C=O) groups excluding carboxylic acids is 3. The predicted molar refractivity (Wildman–Crippen MR) is 261 cm³/mol. The van der Waals surface area contributed by atoms with Crippen LogP contribution in [0.2, 0.25) is 0 Å². The first kappa shape index (κ1) is 58.1. The Balaban J connectivity index is 4.34. The highest BCUT2D eigenvalue weighted by molar-refractivity contribution is 5.71. The summed E-state index contributed by atoms with van der Waals surface area (Å²) in [5, 5.41) is 0. The van der Waals surface area contributed by atoms with Crippen molar-refractivity contribution >= 4 is 17.9 Å². The minimum absolute atomic E-state index is 0.0848. The van der Waals surface area contributed by atoms with Crippen LogP contribution in [0.3, 0.4) is 0 Å². The number of ether oxygens (including phenoxy) is 3. The molecule has 0 aliphatic carbocycles. The molecule has 0 spiro atoms. The molecule has 0 N–H and O–H groups in total. The summed E-state index contributed by atoms with van der Waals surface area (Å²) in [6.07, 6.45) is 60.6. The van der Waals surface area contributed by atoms with Crippen LogP contribution in [0, 0.1) is 0 Å². The molecule has 6 heteroatoms. The fourth-order valence-corrected chi connectivity index (χ4v) is 7.02. The predicted octanol–water partition coefficient (Wildman–Crippen LogP) is 16.9. The van der Waals surface area contributed by atoms with Gasteiger partial charge in [-0.1, -0.05) is 197 Å². The van der Waals surface area contributed by atoms with Gasteiger partial charge in [0.25, 0.3) is 0 Å². The van der Waals surface area contributed by atoms with Crippen LogP contribution in [-0.2, 0) is 28.6 Å². The molecule has 6 nitrogen and oxygen atoms in total. The number of esters is 3. The Kier molecular flexibility index (Phi) is 47.4. The Labute approximate surface area is 377 Å². The molecule has 0 aromatic rings. The van der Waals surface area contributed by atoms with Crippen molar-refractivity contribution in [1.82, 2.24) is 0 Å². The molecule has 0 aliphatic rings. The summed E-state index contributed by atoms with van der Waals surface area (Å²) in [6, 6.07) is 0. The Morgan fingerprint density at radius 2 is 0.639 bits per heavy atom. The summed E-state index contributed by atoms with van der Waals surface area (Å²) >= 11 is 0. The molecule has 0 heterocycles. The number of carbonyl (C=O) groups is 3. The lowest BCUT2D eigenvalue weighted by atomic mass is 10.1. The van der Waals surface area contributed by atoms with Crippen molar-refractivity contribution in [2.75, 3.05) is 13.2 Å². The Morgan fingerprint density at radius 3 is 1.03 bits per heavy atom. The molecule has 61 heavy (non-hydrogen) atoms. The van der Waals surface area contributed by atoms with E-state index < -0.39 is 6.10 Å². The summed E-state index contributed by atoms with van der Waals surface area (Å²) in [6.45, 7) is 6.49. The third kappa shape index (κ3) is 48.0. The van der Waals surface area contributed by atoms with Gasteiger partial charge in [0.2, 0.25) is 0 Å². The molecule has 0 aliphatic heterocycles. The fraction of sp³-hybridized carbons (Fsp3) is 0.764. The van der Waals surface area contributed by atoms with Crippen LogP contribution in [0.1, 0.15) is 252 Å². The molecule has 0 radical (unpaired) electrons. The number of allylic oxidation sites excluding steroid dienone is 10. The van der Waals surface area contributed by atoms with E-state index in [9.17, 15) is 14.4 Å². The molecule has 1 unspecified atom stereocenters. The quantitative estimate of drug-likeness (QED) is 0.0263. The van der Waals surface area contributed by atoms with Gasteiger partial charge < -0.3 is 14.2 Å². The molecule has 0 saturated heterocycles. The molecule has 0 fully saturated rings. The third-order valence-electron chi connectivity index (χ3n) is 10.9. The van der Waals surface area contributed by atoms with Gasteiger partial charge in [0.1, 0.15) is 13.2 Å². The van der Waals surface area contributed by atoms with Crippen LogP contribution >= 0.6 is 0 Å². The van der Waals surface area contributed by atoms with E-state index in [0.717, 1.165) is 103 Å². The molecule has 0 amide bonds. The minimum atomic E-state index is -0.785. The monoisotopic (exact) mass is 853 g/mol. The van der Waals surface area contributed by atoms with Crippen LogP contribution in [0.4, 0.5) is 0 Å². The van der Waals surface area contributed by atoms with Crippen molar-refractivity contribution < 1.29 is 28.6 Å². The number of rotatable bonds is 46.